The van der Waals surface area contributed by atoms with Crippen molar-refractivity contribution >= 4 is 11.6 Å². The molecular weight excluding hydrogens is 371 g/mol. The van der Waals surface area contributed by atoms with Crippen LogP contribution in [0.5, 0.6) is 0 Å². The number of hydrogen-bond donors (Lipinski definition) is 2. The minimum absolute atomic E-state index is 0.0853. The van der Waals surface area contributed by atoms with Gasteiger partial charge in [0.05, 0.1) is 17.5 Å². The topological polar surface area (TPSA) is 75.7 Å². The average molecular weight is 387 g/mol. The molecule has 9 heteroatoms. The maximum Gasteiger partial charge on any atom is 0.416 e. The molecule has 0 fully saturated rings. The molecule has 144 valence electrons. The number of ether oxygens (including phenoxy) is 1. The molecule has 4 rings (SSSR count). The van der Waals surface area contributed by atoms with Crippen LogP contribution in [-0.4, -0.2) is 20.2 Å². The van der Waals surface area contributed by atoms with E-state index in [1.807, 2.05) is 12.1 Å². The van der Waals surface area contributed by atoms with Gasteiger partial charge in [-0.1, -0.05) is 12.1 Å². The van der Waals surface area contributed by atoms with Crippen LogP contribution >= 0.6 is 0 Å². The van der Waals surface area contributed by atoms with Crippen molar-refractivity contribution < 1.29 is 17.9 Å². The van der Waals surface area contributed by atoms with Crippen LogP contribution in [0.3, 0.4) is 0 Å². The number of nitrogens with zero attached hydrogens (tertiary/aromatic N) is 3. The molecule has 3 heterocycles. The quantitative estimate of drug-likeness (QED) is 0.665. The van der Waals surface area contributed by atoms with Crippen molar-refractivity contribution in [1.29, 1.82) is 0 Å². The summed E-state index contributed by atoms with van der Waals surface area (Å²) in [6.45, 7) is 1.79. The Balaban J connectivity index is 1.55. The zero-order valence-corrected chi connectivity index (χ0v) is 14.8. The molecule has 2 aromatic heterocycles. The van der Waals surface area contributed by atoms with Crippen LogP contribution in [0.2, 0.25) is 0 Å². The van der Waals surface area contributed by atoms with Crippen LogP contribution in [-0.2, 0) is 10.9 Å². The molecule has 0 saturated carbocycles. The SMILES string of the molecule is Cc1cc(Nc2cc(C3CC=CO3)[nH]n2)nc(-c2ccc(C(F)(F)F)cc2)n1. The number of rotatable bonds is 4. The second-order valence-electron chi connectivity index (χ2n) is 6.36. The number of H-pyrrole nitrogens is 1. The molecule has 0 amide bonds. The highest BCUT2D eigenvalue weighted by Gasteiger charge is 2.30. The van der Waals surface area contributed by atoms with E-state index in [0.29, 0.717) is 28.7 Å². The predicted octanol–water partition coefficient (Wildman–Crippen LogP) is 4.91. The average Bonchev–Trinajstić information content (AvgIpc) is 3.32. The fraction of sp³-hybridized carbons (Fsp3) is 0.211. The van der Waals surface area contributed by atoms with Crippen LogP contribution < -0.4 is 5.32 Å². The Bertz CT molecular complexity index is 1000. The van der Waals surface area contributed by atoms with Crippen molar-refractivity contribution in [2.45, 2.75) is 25.6 Å². The summed E-state index contributed by atoms with van der Waals surface area (Å²) >= 11 is 0. The number of aromatic nitrogens is 4. The third kappa shape index (κ3) is 3.83. The van der Waals surface area contributed by atoms with E-state index < -0.39 is 11.7 Å². The number of alkyl halides is 3. The Hall–Kier alpha value is -3.36. The lowest BCUT2D eigenvalue weighted by Crippen LogP contribution is -2.04. The number of nitrogens with one attached hydrogen (secondary N) is 2. The molecule has 0 spiro atoms. The molecule has 6 nitrogen and oxygen atoms in total. The van der Waals surface area contributed by atoms with E-state index in [0.717, 1.165) is 24.2 Å². The molecule has 1 unspecified atom stereocenters. The molecule has 28 heavy (non-hydrogen) atoms. The van der Waals surface area contributed by atoms with Gasteiger partial charge in [-0.25, -0.2) is 9.97 Å². The second-order valence-corrected chi connectivity index (χ2v) is 6.36. The first-order valence-corrected chi connectivity index (χ1v) is 8.54. The van der Waals surface area contributed by atoms with Crippen LogP contribution in [0.4, 0.5) is 24.8 Å². The van der Waals surface area contributed by atoms with Gasteiger partial charge in [0.15, 0.2) is 11.6 Å². The summed E-state index contributed by atoms with van der Waals surface area (Å²) in [5, 5.41) is 10.2. The van der Waals surface area contributed by atoms with Crippen molar-refractivity contribution in [3.05, 3.63) is 65.7 Å². The lowest BCUT2D eigenvalue weighted by atomic mass is 10.1. The number of hydrogen-bond acceptors (Lipinski definition) is 5. The summed E-state index contributed by atoms with van der Waals surface area (Å²) in [6, 6.07) is 8.31. The van der Waals surface area contributed by atoms with Crippen molar-refractivity contribution in [3.63, 3.8) is 0 Å². The number of aryl methyl sites for hydroxylation is 1. The first-order valence-electron chi connectivity index (χ1n) is 8.54. The molecule has 1 aliphatic rings. The second kappa shape index (κ2) is 6.99. The molecule has 0 radical (unpaired) electrons. The fourth-order valence-electron chi connectivity index (χ4n) is 2.85. The highest BCUT2D eigenvalue weighted by atomic mass is 19.4. The van der Waals surface area contributed by atoms with Crippen LogP contribution in [0.25, 0.3) is 11.4 Å². The van der Waals surface area contributed by atoms with Crippen LogP contribution in [0.1, 0.15) is 29.5 Å². The number of halogens is 3. The Morgan fingerprint density at radius 3 is 2.57 bits per heavy atom. The van der Waals surface area contributed by atoms with E-state index >= 15 is 0 Å². The summed E-state index contributed by atoms with van der Waals surface area (Å²) in [5.41, 5.74) is 1.29. The summed E-state index contributed by atoms with van der Waals surface area (Å²) in [4.78, 5) is 8.71. The predicted molar refractivity (Wildman–Crippen MR) is 96.7 cm³/mol. The maximum atomic E-state index is 12.7. The molecule has 0 saturated heterocycles. The van der Waals surface area contributed by atoms with Gasteiger partial charge in [-0.15, -0.1) is 0 Å². The van der Waals surface area contributed by atoms with E-state index in [1.54, 1.807) is 19.3 Å². The summed E-state index contributed by atoms with van der Waals surface area (Å²) in [7, 11) is 0. The summed E-state index contributed by atoms with van der Waals surface area (Å²) in [6.07, 6.45) is -0.106. The van der Waals surface area contributed by atoms with Gasteiger partial charge < -0.3 is 10.1 Å². The first-order chi connectivity index (χ1) is 13.4. The first kappa shape index (κ1) is 18.0. The van der Waals surface area contributed by atoms with Gasteiger partial charge in [-0.3, -0.25) is 5.10 Å². The highest BCUT2D eigenvalue weighted by molar-refractivity contribution is 5.60. The van der Waals surface area contributed by atoms with E-state index in [1.165, 1.54) is 12.1 Å². The third-order valence-corrected chi connectivity index (χ3v) is 4.21. The molecule has 0 aliphatic carbocycles. The van der Waals surface area contributed by atoms with E-state index in [-0.39, 0.29) is 6.10 Å². The van der Waals surface area contributed by atoms with Gasteiger partial charge in [0, 0.05) is 29.8 Å². The Morgan fingerprint density at radius 2 is 1.89 bits per heavy atom. The van der Waals surface area contributed by atoms with E-state index in [2.05, 4.69) is 25.5 Å². The highest BCUT2D eigenvalue weighted by Crippen LogP contribution is 2.31. The summed E-state index contributed by atoms with van der Waals surface area (Å²) in [5.74, 6) is 1.38. The van der Waals surface area contributed by atoms with Crippen molar-refractivity contribution in [1.82, 2.24) is 20.2 Å². The van der Waals surface area contributed by atoms with Gasteiger partial charge in [0.25, 0.3) is 0 Å². The summed E-state index contributed by atoms with van der Waals surface area (Å²) < 4.78 is 43.7. The normalized spacial score (nSPS) is 16.2. The Labute approximate surface area is 158 Å². The molecule has 1 aliphatic heterocycles. The van der Waals surface area contributed by atoms with Crippen molar-refractivity contribution in [3.8, 4) is 11.4 Å². The van der Waals surface area contributed by atoms with Gasteiger partial charge in [-0.2, -0.15) is 18.3 Å². The Kier molecular flexibility index (Phi) is 4.50. The Morgan fingerprint density at radius 1 is 1.11 bits per heavy atom. The zero-order chi connectivity index (χ0) is 19.7. The minimum atomic E-state index is -4.38. The number of anilines is 2. The van der Waals surface area contributed by atoms with E-state index in [4.69, 9.17) is 4.74 Å². The largest absolute Gasteiger partial charge is 0.492 e. The number of aromatic amines is 1. The smallest absolute Gasteiger partial charge is 0.416 e. The van der Waals surface area contributed by atoms with Crippen molar-refractivity contribution in [2.24, 2.45) is 0 Å². The molecular formula is C19H16F3N5O. The maximum absolute atomic E-state index is 12.7. The molecule has 1 aromatic carbocycles. The lowest BCUT2D eigenvalue weighted by molar-refractivity contribution is -0.137. The number of benzene rings is 1. The minimum Gasteiger partial charge on any atom is -0.492 e. The third-order valence-electron chi connectivity index (χ3n) is 4.21. The van der Waals surface area contributed by atoms with Gasteiger partial charge in [-0.05, 0) is 25.1 Å². The van der Waals surface area contributed by atoms with Crippen molar-refractivity contribution in [2.75, 3.05) is 5.32 Å². The molecule has 1 atom stereocenters. The van der Waals surface area contributed by atoms with Crippen LogP contribution in [0.15, 0.2) is 48.7 Å². The van der Waals surface area contributed by atoms with Gasteiger partial charge in [0.1, 0.15) is 11.9 Å². The zero-order valence-electron chi connectivity index (χ0n) is 14.8. The van der Waals surface area contributed by atoms with Gasteiger partial charge in [0.2, 0.25) is 0 Å². The molecule has 0 bridgehead atoms. The van der Waals surface area contributed by atoms with Gasteiger partial charge >= 0.3 is 6.18 Å². The fourth-order valence-corrected chi connectivity index (χ4v) is 2.85. The molecule has 2 N–H and O–H groups in total. The van der Waals surface area contributed by atoms with Crippen LogP contribution in [0, 0.1) is 6.92 Å². The monoisotopic (exact) mass is 387 g/mol. The standard InChI is InChI=1S/C19H16F3N5O/c1-11-9-16(24-17-10-14(26-27-17)15-3-2-8-28-15)25-18(23-11)12-4-6-13(7-5-12)19(20,21)22/h2,4-10,15H,3H2,1H3,(H2,23,24,25,26,27). The van der Waals surface area contributed by atoms with E-state index in [9.17, 15) is 13.2 Å². The molecule has 3 aromatic rings. The lowest BCUT2D eigenvalue weighted by Gasteiger charge is -2.09.